The van der Waals surface area contributed by atoms with Gasteiger partial charge >= 0.3 is 0 Å². The third kappa shape index (κ3) is 6.10. The fourth-order valence-corrected chi connectivity index (χ4v) is 2.05. The largest absolute Gasteiger partial charge is 0.393 e. The molecule has 1 amide bonds. The van der Waals surface area contributed by atoms with Crippen molar-refractivity contribution in [2.75, 3.05) is 31.7 Å². The Morgan fingerprint density at radius 3 is 2.67 bits per heavy atom. The van der Waals surface area contributed by atoms with Crippen LogP contribution in [0.4, 0.5) is 5.69 Å². The number of nitrogens with zero attached hydrogens (tertiary/aromatic N) is 1. The van der Waals surface area contributed by atoms with Crippen molar-refractivity contribution in [3.05, 3.63) is 30.3 Å². The Morgan fingerprint density at radius 1 is 1.43 bits per heavy atom. The van der Waals surface area contributed by atoms with Crippen molar-refractivity contribution in [2.45, 2.75) is 19.4 Å². The minimum atomic E-state index is -0.307. The Bertz CT molecular complexity index is 453. The van der Waals surface area contributed by atoms with Gasteiger partial charge in [0.15, 0.2) is 0 Å². The van der Waals surface area contributed by atoms with E-state index in [1.54, 1.807) is 7.11 Å². The normalized spacial score (nSPS) is 11.7. The van der Waals surface area contributed by atoms with E-state index in [9.17, 15) is 4.79 Å². The van der Waals surface area contributed by atoms with Crippen molar-refractivity contribution >= 4 is 28.8 Å². The van der Waals surface area contributed by atoms with Crippen LogP contribution in [-0.4, -0.2) is 43.7 Å². The number of para-hydroxylation sites is 1. The summed E-state index contributed by atoms with van der Waals surface area (Å²) in [5.74, 6) is -0.0427. The average molecular weight is 309 g/mol. The highest BCUT2D eigenvalue weighted by atomic mass is 32.1. The van der Waals surface area contributed by atoms with Gasteiger partial charge in [0.2, 0.25) is 5.91 Å². The molecule has 1 aromatic carbocycles. The molecule has 0 aliphatic heterocycles. The molecule has 0 fully saturated rings. The molecule has 1 rings (SSSR count). The summed E-state index contributed by atoms with van der Waals surface area (Å²) in [5.41, 5.74) is 6.56. The van der Waals surface area contributed by atoms with Gasteiger partial charge in [0.05, 0.1) is 11.6 Å². The van der Waals surface area contributed by atoms with Crippen LogP contribution >= 0.6 is 12.2 Å². The van der Waals surface area contributed by atoms with E-state index >= 15 is 0 Å². The van der Waals surface area contributed by atoms with E-state index in [0.29, 0.717) is 31.1 Å². The van der Waals surface area contributed by atoms with Crippen molar-refractivity contribution in [1.82, 2.24) is 5.32 Å². The Labute approximate surface area is 131 Å². The smallest absolute Gasteiger partial charge is 0.242 e. The zero-order valence-corrected chi connectivity index (χ0v) is 13.4. The molecule has 1 atom stereocenters. The van der Waals surface area contributed by atoms with Crippen molar-refractivity contribution in [1.29, 1.82) is 0 Å². The van der Waals surface area contributed by atoms with Crippen LogP contribution in [0.25, 0.3) is 0 Å². The minimum Gasteiger partial charge on any atom is -0.393 e. The third-order valence-electron chi connectivity index (χ3n) is 3.14. The predicted octanol–water partition coefficient (Wildman–Crippen LogP) is 1.32. The van der Waals surface area contributed by atoms with Gasteiger partial charge in [0.1, 0.15) is 6.04 Å². The van der Waals surface area contributed by atoms with Gasteiger partial charge in [0, 0.05) is 32.3 Å². The molecule has 116 valence electrons. The second-order valence-electron chi connectivity index (χ2n) is 4.71. The van der Waals surface area contributed by atoms with Crippen molar-refractivity contribution in [3.63, 3.8) is 0 Å². The number of benzene rings is 1. The summed E-state index contributed by atoms with van der Waals surface area (Å²) < 4.78 is 4.93. The Hall–Kier alpha value is -1.66. The van der Waals surface area contributed by atoms with E-state index in [2.05, 4.69) is 5.32 Å². The molecule has 0 saturated carbocycles. The highest BCUT2D eigenvalue weighted by Gasteiger charge is 2.21. The molecule has 3 N–H and O–H groups in total. The lowest BCUT2D eigenvalue weighted by Crippen LogP contribution is -2.47. The first kappa shape index (κ1) is 17.4. The molecule has 0 aromatic heterocycles. The number of thiocarbonyl (C=S) groups is 1. The van der Waals surface area contributed by atoms with Gasteiger partial charge in [0.25, 0.3) is 0 Å². The molecule has 1 aromatic rings. The number of nitrogens with two attached hydrogens (primary N) is 1. The minimum absolute atomic E-state index is 0.0427. The van der Waals surface area contributed by atoms with Crippen LogP contribution in [0.1, 0.15) is 13.3 Å². The van der Waals surface area contributed by atoms with Crippen molar-refractivity contribution in [3.8, 4) is 0 Å². The van der Waals surface area contributed by atoms with Crippen LogP contribution in [0, 0.1) is 0 Å². The van der Waals surface area contributed by atoms with Gasteiger partial charge in [-0.1, -0.05) is 30.4 Å². The van der Waals surface area contributed by atoms with Crippen LogP contribution in [-0.2, 0) is 9.53 Å². The highest BCUT2D eigenvalue weighted by molar-refractivity contribution is 7.80. The zero-order chi connectivity index (χ0) is 15.7. The summed E-state index contributed by atoms with van der Waals surface area (Å²) in [6, 6.07) is 9.46. The molecule has 0 aliphatic rings. The number of ether oxygens (including phenoxy) is 1. The van der Waals surface area contributed by atoms with Gasteiger partial charge in [-0.2, -0.15) is 0 Å². The molecule has 0 radical (unpaired) electrons. The topological polar surface area (TPSA) is 67.6 Å². The van der Waals surface area contributed by atoms with Crippen molar-refractivity contribution < 1.29 is 9.53 Å². The molecule has 0 aliphatic carbocycles. The monoisotopic (exact) mass is 309 g/mol. The summed E-state index contributed by atoms with van der Waals surface area (Å²) in [4.78, 5) is 14.7. The van der Waals surface area contributed by atoms with E-state index in [1.807, 2.05) is 42.2 Å². The van der Waals surface area contributed by atoms with E-state index in [0.717, 1.165) is 5.69 Å². The third-order valence-corrected chi connectivity index (χ3v) is 3.34. The van der Waals surface area contributed by atoms with Crippen molar-refractivity contribution in [2.24, 2.45) is 5.73 Å². The molecule has 5 nitrogen and oxygen atoms in total. The van der Waals surface area contributed by atoms with Gasteiger partial charge in [-0.05, 0) is 19.1 Å². The maximum atomic E-state index is 12.2. The SMILES string of the molecule is COCCNC(=O)C(C)N(CCC(N)=S)c1ccccc1. The van der Waals surface area contributed by atoms with Crippen LogP contribution < -0.4 is 16.0 Å². The molecule has 6 heteroatoms. The molecule has 0 spiro atoms. The lowest BCUT2D eigenvalue weighted by Gasteiger charge is -2.30. The van der Waals surface area contributed by atoms with E-state index in [4.69, 9.17) is 22.7 Å². The number of hydrogen-bond donors (Lipinski definition) is 2. The summed E-state index contributed by atoms with van der Waals surface area (Å²) in [5, 5.41) is 2.85. The summed E-state index contributed by atoms with van der Waals surface area (Å²) in [6.07, 6.45) is 0.569. The first-order chi connectivity index (χ1) is 10.1. The number of hydrogen-bond acceptors (Lipinski definition) is 4. The Balaban J connectivity index is 2.75. The van der Waals surface area contributed by atoms with Gasteiger partial charge in [-0.3, -0.25) is 4.79 Å². The number of nitrogens with one attached hydrogen (secondary N) is 1. The molecular weight excluding hydrogens is 286 g/mol. The van der Waals surface area contributed by atoms with Gasteiger partial charge in [-0.15, -0.1) is 0 Å². The second-order valence-corrected chi connectivity index (χ2v) is 5.23. The molecule has 21 heavy (non-hydrogen) atoms. The van der Waals surface area contributed by atoms with Gasteiger partial charge < -0.3 is 20.7 Å². The van der Waals surface area contributed by atoms with Crippen LogP contribution in [0.5, 0.6) is 0 Å². The number of carbonyl (C=O) groups is 1. The Kier molecular flexibility index (Phi) is 7.71. The molecule has 0 saturated heterocycles. The lowest BCUT2D eigenvalue weighted by molar-refractivity contribution is -0.122. The van der Waals surface area contributed by atoms with Crippen LogP contribution in [0.15, 0.2) is 30.3 Å². The van der Waals surface area contributed by atoms with Gasteiger partial charge in [-0.25, -0.2) is 0 Å². The van der Waals surface area contributed by atoms with E-state index in [1.165, 1.54) is 0 Å². The fraction of sp³-hybridized carbons (Fsp3) is 0.467. The van der Waals surface area contributed by atoms with E-state index in [-0.39, 0.29) is 11.9 Å². The summed E-state index contributed by atoms with van der Waals surface area (Å²) in [6.45, 7) is 3.47. The number of amides is 1. The predicted molar refractivity (Wildman–Crippen MR) is 89.5 cm³/mol. The van der Waals surface area contributed by atoms with Crippen LogP contribution in [0.3, 0.4) is 0 Å². The average Bonchev–Trinajstić information content (AvgIpc) is 2.48. The highest BCUT2D eigenvalue weighted by Crippen LogP contribution is 2.17. The number of carbonyl (C=O) groups excluding carboxylic acids is 1. The second kappa shape index (κ2) is 9.31. The number of anilines is 1. The standard InChI is InChI=1S/C15H23N3O2S/c1-12(15(19)17-9-11-20-2)18(10-8-14(16)21)13-6-4-3-5-7-13/h3-7,12H,8-11H2,1-2H3,(H2,16,21)(H,17,19). The summed E-state index contributed by atoms with van der Waals surface area (Å²) >= 11 is 4.94. The van der Waals surface area contributed by atoms with Crippen LogP contribution in [0.2, 0.25) is 0 Å². The zero-order valence-electron chi connectivity index (χ0n) is 12.5. The maximum Gasteiger partial charge on any atom is 0.242 e. The fourth-order valence-electron chi connectivity index (χ4n) is 1.96. The number of rotatable bonds is 9. The quantitative estimate of drug-likeness (QED) is 0.532. The first-order valence-corrected chi connectivity index (χ1v) is 7.33. The molecule has 0 heterocycles. The van der Waals surface area contributed by atoms with E-state index < -0.39 is 0 Å². The lowest BCUT2D eigenvalue weighted by atomic mass is 10.2. The first-order valence-electron chi connectivity index (χ1n) is 6.93. The molecule has 1 unspecified atom stereocenters. The molecular formula is C15H23N3O2S. The summed E-state index contributed by atoms with van der Waals surface area (Å²) in [7, 11) is 1.61. The number of methoxy groups -OCH3 is 1. The Morgan fingerprint density at radius 2 is 2.10 bits per heavy atom. The molecule has 0 bridgehead atoms. The maximum absolute atomic E-state index is 12.2.